The molecule has 6 aromatic carbocycles. The van der Waals surface area contributed by atoms with E-state index < -0.39 is 73.1 Å². The standard InChI is InChI=1S/C57H61IO11S/c1-39(58)54(68-51-49-47(38-64-55(67-49)44-29-17-7-18-30-44)65-56(59-2)52(51)63-36-43-27-15-6-16-28-43)69-53-50(62-35-42-25-13-5-14-26-42)48(61-34-41-23-11-4-12-24-41)46(37-60-33-40-21-9-3-10-22-40)66-57(53)70-45-31-19-8-20-32-45/h3-32,39,46-57H,33-38H2,1-2H3/t39?,46-,47-,48-,49-,50+,51+,52+,53+,54?,55?,56+,57-/m1/s1. The molecule has 9 rings (SSSR count). The molecule has 6 aromatic rings. The quantitative estimate of drug-likeness (QED) is 0.0368. The minimum atomic E-state index is -0.859. The fraction of sp³-hybridized carbons (Fsp3) is 0.368. The van der Waals surface area contributed by atoms with Crippen molar-refractivity contribution in [3.8, 4) is 0 Å². The molecule has 3 aliphatic rings. The maximum Gasteiger partial charge on any atom is 0.186 e. The van der Waals surface area contributed by atoms with E-state index in [1.54, 1.807) is 18.9 Å². The van der Waals surface area contributed by atoms with Gasteiger partial charge in [-0.1, -0.05) is 204 Å². The molecule has 0 spiro atoms. The fourth-order valence-electron chi connectivity index (χ4n) is 8.85. The number of hydrogen-bond acceptors (Lipinski definition) is 12. The first-order valence-electron chi connectivity index (χ1n) is 23.9. The second-order valence-electron chi connectivity index (χ2n) is 17.5. The van der Waals surface area contributed by atoms with Gasteiger partial charge in [-0.05, 0) is 41.3 Å². The highest BCUT2D eigenvalue weighted by Gasteiger charge is 2.54. The Bertz CT molecular complexity index is 2390. The fourth-order valence-corrected chi connectivity index (χ4v) is 10.3. The smallest absolute Gasteiger partial charge is 0.186 e. The maximum absolute atomic E-state index is 7.47. The van der Waals surface area contributed by atoms with Gasteiger partial charge in [0.2, 0.25) is 0 Å². The van der Waals surface area contributed by atoms with Crippen LogP contribution in [0.1, 0.15) is 41.0 Å². The lowest BCUT2D eigenvalue weighted by Gasteiger charge is -2.50. The number of methoxy groups -OCH3 is 1. The molecular weight excluding hydrogens is 1020 g/mol. The van der Waals surface area contributed by atoms with Crippen LogP contribution in [0.4, 0.5) is 0 Å². The van der Waals surface area contributed by atoms with Gasteiger partial charge < -0.3 is 52.1 Å². The zero-order chi connectivity index (χ0) is 47.9. The summed E-state index contributed by atoms with van der Waals surface area (Å²) in [6.45, 7) is 3.86. The number of hydrogen-bond donors (Lipinski definition) is 0. The van der Waals surface area contributed by atoms with Crippen molar-refractivity contribution in [2.24, 2.45) is 0 Å². The van der Waals surface area contributed by atoms with E-state index >= 15 is 0 Å². The number of benzene rings is 6. The van der Waals surface area contributed by atoms with Crippen LogP contribution < -0.4 is 0 Å². The Kier molecular flexibility index (Phi) is 19.0. The van der Waals surface area contributed by atoms with Crippen LogP contribution in [-0.2, 0) is 78.5 Å². The normalized spacial score (nSPS) is 27.6. The predicted octanol–water partition coefficient (Wildman–Crippen LogP) is 10.9. The average Bonchev–Trinajstić information content (AvgIpc) is 3.41. The molecule has 13 heteroatoms. The molecule has 0 saturated carbocycles. The van der Waals surface area contributed by atoms with E-state index in [9.17, 15) is 0 Å². The average molecular weight is 1080 g/mol. The van der Waals surface area contributed by atoms with E-state index in [1.807, 2.05) is 133 Å². The highest BCUT2D eigenvalue weighted by Crippen LogP contribution is 2.42. The number of fused-ring (bicyclic) bond motifs is 1. The van der Waals surface area contributed by atoms with Gasteiger partial charge in [0.15, 0.2) is 18.9 Å². The maximum atomic E-state index is 7.47. The van der Waals surface area contributed by atoms with E-state index in [0.717, 1.165) is 32.7 Å². The first-order valence-corrected chi connectivity index (χ1v) is 26.0. The molecule has 0 amide bonds. The summed E-state index contributed by atoms with van der Waals surface area (Å²) in [7, 11) is 1.61. The van der Waals surface area contributed by atoms with Gasteiger partial charge in [0.05, 0.1) is 43.6 Å². The van der Waals surface area contributed by atoms with Gasteiger partial charge in [0.25, 0.3) is 0 Å². The Morgan fingerprint density at radius 1 is 0.543 bits per heavy atom. The monoisotopic (exact) mass is 1080 g/mol. The van der Waals surface area contributed by atoms with Crippen molar-refractivity contribution in [3.63, 3.8) is 0 Å². The van der Waals surface area contributed by atoms with Crippen LogP contribution in [0.2, 0.25) is 0 Å². The highest BCUT2D eigenvalue weighted by atomic mass is 127. The minimum absolute atomic E-state index is 0.216. The van der Waals surface area contributed by atoms with Crippen molar-refractivity contribution in [3.05, 3.63) is 210 Å². The lowest BCUT2D eigenvalue weighted by molar-refractivity contribution is -0.384. The topological polar surface area (TPSA) is 102 Å². The van der Waals surface area contributed by atoms with Gasteiger partial charge in [-0.3, -0.25) is 0 Å². The SMILES string of the molecule is CO[C@H]1O[C@@H]2COC(c3ccccc3)O[C@H]2[C@H](OC(O[C@H]2[C@@H](OCc3ccccc3)[C@H](OCc3ccccc3)[C@@H](COCc3ccccc3)O[C@@H]2Sc2ccccc2)C(C)I)[C@@H]1OCc1ccccc1. The lowest BCUT2D eigenvalue weighted by atomic mass is 9.97. The molecule has 0 aromatic heterocycles. The molecule has 70 heavy (non-hydrogen) atoms. The second kappa shape index (κ2) is 26.1. The molecule has 0 N–H and O–H groups in total. The molecule has 3 heterocycles. The second-order valence-corrected chi connectivity index (χ2v) is 20.6. The Morgan fingerprint density at radius 3 is 1.57 bits per heavy atom. The molecule has 3 saturated heterocycles. The lowest BCUT2D eigenvalue weighted by Crippen LogP contribution is -2.65. The number of thioether (sulfide) groups is 1. The molecule has 3 unspecified atom stereocenters. The summed E-state index contributed by atoms with van der Waals surface area (Å²) in [6, 6.07) is 60.5. The van der Waals surface area contributed by atoms with E-state index in [4.69, 9.17) is 52.1 Å². The van der Waals surface area contributed by atoms with Gasteiger partial charge >= 0.3 is 0 Å². The largest absolute Gasteiger partial charge is 0.374 e. The van der Waals surface area contributed by atoms with Crippen molar-refractivity contribution >= 4 is 34.4 Å². The number of halogens is 1. The summed E-state index contributed by atoms with van der Waals surface area (Å²) >= 11 is 3.95. The van der Waals surface area contributed by atoms with Gasteiger partial charge in [0, 0.05) is 17.6 Å². The van der Waals surface area contributed by atoms with Crippen LogP contribution in [-0.4, -0.2) is 91.1 Å². The molecule has 3 aliphatic heterocycles. The van der Waals surface area contributed by atoms with E-state index in [2.05, 4.69) is 78.0 Å². The van der Waals surface area contributed by atoms with Crippen molar-refractivity contribution in [1.29, 1.82) is 0 Å². The Morgan fingerprint density at radius 2 is 1.03 bits per heavy atom. The van der Waals surface area contributed by atoms with Crippen LogP contribution in [0, 0.1) is 0 Å². The summed E-state index contributed by atoms with van der Waals surface area (Å²) in [5, 5.41) is 0. The molecule has 0 bridgehead atoms. The van der Waals surface area contributed by atoms with Crippen molar-refractivity contribution in [1.82, 2.24) is 0 Å². The Balaban J connectivity index is 1.08. The van der Waals surface area contributed by atoms with E-state index in [-0.39, 0.29) is 23.7 Å². The van der Waals surface area contributed by atoms with E-state index in [0.29, 0.717) is 19.8 Å². The third-order valence-electron chi connectivity index (χ3n) is 12.4. The van der Waals surface area contributed by atoms with Crippen LogP contribution in [0.25, 0.3) is 0 Å². The number of ether oxygens (including phenoxy) is 11. The van der Waals surface area contributed by atoms with Crippen LogP contribution in [0.5, 0.6) is 0 Å². The zero-order valence-corrected chi connectivity index (χ0v) is 42.3. The zero-order valence-electron chi connectivity index (χ0n) is 39.3. The van der Waals surface area contributed by atoms with Gasteiger partial charge in [0.1, 0.15) is 54.3 Å². The first-order chi connectivity index (χ1) is 34.5. The summed E-state index contributed by atoms with van der Waals surface area (Å²) < 4.78 is 75.1. The van der Waals surface area contributed by atoms with Crippen LogP contribution in [0.15, 0.2) is 187 Å². The van der Waals surface area contributed by atoms with E-state index in [1.165, 1.54) is 0 Å². The number of rotatable bonds is 22. The third kappa shape index (κ3) is 13.7. The molecule has 11 nitrogen and oxygen atoms in total. The highest BCUT2D eigenvalue weighted by molar-refractivity contribution is 14.1. The van der Waals surface area contributed by atoms with Crippen molar-refractivity contribution in [2.75, 3.05) is 20.3 Å². The summed E-state index contributed by atoms with van der Waals surface area (Å²) in [6.07, 6.45) is -7.60. The number of alkyl halides is 1. The molecule has 0 radical (unpaired) electrons. The first kappa shape index (κ1) is 50.9. The Hall–Kier alpha value is -4.04. The molecule has 13 atom stereocenters. The van der Waals surface area contributed by atoms with Crippen LogP contribution in [0.3, 0.4) is 0 Å². The summed E-state index contributed by atoms with van der Waals surface area (Å²) in [5.74, 6) is 0. The van der Waals surface area contributed by atoms with Gasteiger partial charge in [-0.2, -0.15) is 0 Å². The summed E-state index contributed by atoms with van der Waals surface area (Å²) in [5.41, 5.74) is 4.36. The van der Waals surface area contributed by atoms with Crippen molar-refractivity contribution < 1.29 is 52.1 Å². The summed E-state index contributed by atoms with van der Waals surface area (Å²) in [4.78, 5) is 1.00. The third-order valence-corrected chi connectivity index (χ3v) is 14.1. The molecular formula is C57H61IO11S. The minimum Gasteiger partial charge on any atom is -0.374 e. The van der Waals surface area contributed by atoms with Crippen LogP contribution >= 0.6 is 34.4 Å². The predicted molar refractivity (Wildman–Crippen MR) is 275 cm³/mol. The van der Waals surface area contributed by atoms with Crippen molar-refractivity contribution in [2.45, 2.75) is 115 Å². The van der Waals surface area contributed by atoms with Gasteiger partial charge in [-0.25, -0.2) is 0 Å². The molecule has 3 fully saturated rings. The molecule has 0 aliphatic carbocycles. The Labute approximate surface area is 429 Å². The molecule has 368 valence electrons. The van der Waals surface area contributed by atoms with Gasteiger partial charge in [-0.15, -0.1) is 0 Å².